The molecule has 2 heterocycles. The minimum Gasteiger partial charge on any atom is -0.309 e. The summed E-state index contributed by atoms with van der Waals surface area (Å²) in [6.45, 7) is 0. The fraction of sp³-hybridized carbons (Fsp3) is 0.0455. The molecular weight excluding hydrogens is 292 g/mol. The Hall–Kier alpha value is -3.13. The van der Waals surface area contributed by atoms with Gasteiger partial charge in [0.05, 0.1) is 11.2 Å². The van der Waals surface area contributed by atoms with Crippen LogP contribution in [0.15, 0.2) is 85.1 Å². The molecule has 0 unspecified atom stereocenters. The van der Waals surface area contributed by atoms with Gasteiger partial charge in [-0.15, -0.1) is 0 Å². The Kier molecular flexibility index (Phi) is 2.89. The zero-order valence-corrected chi connectivity index (χ0v) is 13.2. The summed E-state index contributed by atoms with van der Waals surface area (Å²) in [7, 11) is 0. The van der Waals surface area contributed by atoms with Crippen LogP contribution >= 0.6 is 0 Å². The molecule has 0 saturated heterocycles. The van der Waals surface area contributed by atoms with Crippen molar-refractivity contribution in [3.8, 4) is 0 Å². The van der Waals surface area contributed by atoms with Gasteiger partial charge in [0, 0.05) is 29.4 Å². The molecular formula is C22H16N2. The van der Waals surface area contributed by atoms with Crippen LogP contribution in [0.5, 0.6) is 0 Å². The predicted molar refractivity (Wildman–Crippen MR) is 99.2 cm³/mol. The number of fused-ring (bicyclic) bond motifs is 3. The van der Waals surface area contributed by atoms with Gasteiger partial charge in [0.1, 0.15) is 0 Å². The standard InChI is InChI=1S/C22H16N2/c1-3-11-20-16(7-1)15-17-8-2-4-12-21(17)24(20)22-13-5-10-19-18(22)9-6-14-23-19/h1-14H,15H2. The minimum absolute atomic E-state index is 0.978. The number of para-hydroxylation sites is 2. The summed E-state index contributed by atoms with van der Waals surface area (Å²) in [5.41, 5.74) is 7.44. The second-order valence-corrected chi connectivity index (χ2v) is 6.12. The topological polar surface area (TPSA) is 16.1 Å². The van der Waals surface area contributed by atoms with Crippen LogP contribution in [0.2, 0.25) is 0 Å². The molecule has 0 spiro atoms. The molecule has 5 rings (SSSR count). The number of rotatable bonds is 1. The third-order valence-corrected chi connectivity index (χ3v) is 4.71. The lowest BCUT2D eigenvalue weighted by Crippen LogP contribution is -2.18. The number of hydrogen-bond donors (Lipinski definition) is 0. The van der Waals surface area contributed by atoms with Crippen molar-refractivity contribution in [3.63, 3.8) is 0 Å². The lowest BCUT2D eigenvalue weighted by Gasteiger charge is -2.34. The van der Waals surface area contributed by atoms with Gasteiger partial charge in [0.15, 0.2) is 0 Å². The van der Waals surface area contributed by atoms with E-state index in [1.54, 1.807) is 0 Å². The van der Waals surface area contributed by atoms with Gasteiger partial charge in [0.2, 0.25) is 0 Å². The molecule has 0 atom stereocenters. The third kappa shape index (κ3) is 1.93. The predicted octanol–water partition coefficient (Wildman–Crippen LogP) is 5.61. The first-order chi connectivity index (χ1) is 11.9. The normalized spacial score (nSPS) is 12.8. The van der Waals surface area contributed by atoms with Crippen molar-refractivity contribution in [2.75, 3.05) is 4.90 Å². The van der Waals surface area contributed by atoms with Gasteiger partial charge in [-0.3, -0.25) is 4.98 Å². The van der Waals surface area contributed by atoms with Gasteiger partial charge in [-0.25, -0.2) is 0 Å². The van der Waals surface area contributed by atoms with E-state index in [1.807, 2.05) is 12.3 Å². The van der Waals surface area contributed by atoms with Crippen LogP contribution < -0.4 is 4.90 Å². The highest BCUT2D eigenvalue weighted by atomic mass is 15.2. The molecule has 0 fully saturated rings. The van der Waals surface area contributed by atoms with Crippen molar-refractivity contribution >= 4 is 28.0 Å². The first-order valence-corrected chi connectivity index (χ1v) is 8.21. The maximum Gasteiger partial charge on any atom is 0.0723 e. The summed E-state index contributed by atoms with van der Waals surface area (Å²) < 4.78 is 0. The van der Waals surface area contributed by atoms with E-state index in [-0.39, 0.29) is 0 Å². The Labute approximate surface area is 141 Å². The number of benzene rings is 3. The minimum atomic E-state index is 0.978. The molecule has 0 amide bonds. The van der Waals surface area contributed by atoms with Crippen LogP contribution in [-0.2, 0) is 6.42 Å². The quantitative estimate of drug-likeness (QED) is 0.400. The largest absolute Gasteiger partial charge is 0.309 e. The molecule has 1 aliphatic rings. The SMILES string of the molecule is c1ccc2c(c1)Cc1ccccc1N2c1cccc2ncccc12. The lowest BCUT2D eigenvalue weighted by atomic mass is 9.94. The molecule has 2 heteroatoms. The zero-order valence-electron chi connectivity index (χ0n) is 13.2. The average Bonchev–Trinajstić information content (AvgIpc) is 2.66. The monoisotopic (exact) mass is 308 g/mol. The molecule has 0 bridgehead atoms. The Morgan fingerprint density at radius 1 is 0.625 bits per heavy atom. The first-order valence-electron chi connectivity index (χ1n) is 8.21. The molecule has 0 N–H and O–H groups in total. The summed E-state index contributed by atoms with van der Waals surface area (Å²) in [5.74, 6) is 0. The second-order valence-electron chi connectivity index (χ2n) is 6.12. The summed E-state index contributed by atoms with van der Waals surface area (Å²) in [5, 5.41) is 1.17. The van der Waals surface area contributed by atoms with Crippen LogP contribution in [0.1, 0.15) is 11.1 Å². The maximum absolute atomic E-state index is 4.52. The van der Waals surface area contributed by atoms with E-state index in [0.29, 0.717) is 0 Å². The van der Waals surface area contributed by atoms with Crippen LogP contribution in [0.3, 0.4) is 0 Å². The molecule has 1 aromatic heterocycles. The van der Waals surface area contributed by atoms with E-state index in [1.165, 1.54) is 33.6 Å². The van der Waals surface area contributed by atoms with E-state index in [9.17, 15) is 0 Å². The molecule has 3 aromatic carbocycles. The van der Waals surface area contributed by atoms with E-state index in [0.717, 1.165) is 11.9 Å². The fourth-order valence-corrected chi connectivity index (χ4v) is 3.63. The molecule has 4 aromatic rings. The number of aromatic nitrogens is 1. The maximum atomic E-state index is 4.52. The highest BCUT2D eigenvalue weighted by Crippen LogP contribution is 2.45. The van der Waals surface area contributed by atoms with Gasteiger partial charge in [0.25, 0.3) is 0 Å². The van der Waals surface area contributed by atoms with Crippen molar-refractivity contribution in [2.45, 2.75) is 6.42 Å². The van der Waals surface area contributed by atoms with E-state index < -0.39 is 0 Å². The smallest absolute Gasteiger partial charge is 0.0723 e. The lowest BCUT2D eigenvalue weighted by molar-refractivity contribution is 1.09. The Morgan fingerprint density at radius 2 is 1.29 bits per heavy atom. The summed E-state index contributed by atoms with van der Waals surface area (Å²) in [4.78, 5) is 6.90. The van der Waals surface area contributed by atoms with E-state index in [4.69, 9.17) is 0 Å². The van der Waals surface area contributed by atoms with Crippen LogP contribution in [0.25, 0.3) is 10.9 Å². The molecule has 114 valence electrons. The summed E-state index contributed by atoms with van der Waals surface area (Å²) >= 11 is 0. The van der Waals surface area contributed by atoms with Crippen molar-refractivity contribution in [1.82, 2.24) is 4.98 Å². The highest BCUT2D eigenvalue weighted by molar-refractivity contribution is 5.98. The van der Waals surface area contributed by atoms with Gasteiger partial charge in [-0.1, -0.05) is 42.5 Å². The van der Waals surface area contributed by atoms with E-state index >= 15 is 0 Å². The molecule has 2 nitrogen and oxygen atoms in total. The van der Waals surface area contributed by atoms with Crippen LogP contribution in [0, 0.1) is 0 Å². The van der Waals surface area contributed by atoms with Crippen molar-refractivity contribution in [1.29, 1.82) is 0 Å². The third-order valence-electron chi connectivity index (χ3n) is 4.71. The number of nitrogens with zero attached hydrogens (tertiary/aromatic N) is 2. The summed E-state index contributed by atoms with van der Waals surface area (Å²) in [6.07, 6.45) is 2.83. The van der Waals surface area contributed by atoms with Crippen LogP contribution in [0.4, 0.5) is 17.1 Å². The molecule has 0 radical (unpaired) electrons. The van der Waals surface area contributed by atoms with Crippen molar-refractivity contribution in [3.05, 3.63) is 96.2 Å². The Bertz CT molecular complexity index is 1000. The zero-order chi connectivity index (χ0) is 15.9. The average molecular weight is 308 g/mol. The van der Waals surface area contributed by atoms with Gasteiger partial charge in [-0.2, -0.15) is 0 Å². The van der Waals surface area contributed by atoms with Gasteiger partial charge in [-0.05, 0) is 47.5 Å². The Morgan fingerprint density at radius 3 is 2.04 bits per heavy atom. The molecule has 24 heavy (non-hydrogen) atoms. The fourth-order valence-electron chi connectivity index (χ4n) is 3.63. The van der Waals surface area contributed by atoms with Gasteiger partial charge >= 0.3 is 0 Å². The number of anilines is 3. The van der Waals surface area contributed by atoms with Gasteiger partial charge < -0.3 is 4.90 Å². The van der Waals surface area contributed by atoms with Crippen molar-refractivity contribution in [2.24, 2.45) is 0 Å². The second kappa shape index (κ2) is 5.20. The van der Waals surface area contributed by atoms with E-state index in [2.05, 4.69) is 82.7 Å². The molecule has 0 saturated carbocycles. The van der Waals surface area contributed by atoms with Crippen LogP contribution in [-0.4, -0.2) is 4.98 Å². The number of hydrogen-bond acceptors (Lipinski definition) is 2. The summed E-state index contributed by atoms with van der Waals surface area (Å²) in [6, 6.07) is 27.8. The number of pyridine rings is 1. The Balaban J connectivity index is 1.84. The first kappa shape index (κ1) is 13.3. The molecule has 0 aliphatic carbocycles. The highest BCUT2D eigenvalue weighted by Gasteiger charge is 2.24. The van der Waals surface area contributed by atoms with Crippen molar-refractivity contribution < 1.29 is 0 Å². The molecule has 1 aliphatic heterocycles.